The van der Waals surface area contributed by atoms with Crippen LogP contribution in [0.25, 0.3) is 0 Å². The Bertz CT molecular complexity index is 509. The second-order valence-electron chi connectivity index (χ2n) is 5.86. The maximum absolute atomic E-state index is 11.6. The molecule has 2 unspecified atom stereocenters. The number of benzene rings is 1. The number of rotatable bonds is 4. The molecule has 2 atom stereocenters. The van der Waals surface area contributed by atoms with Crippen LogP contribution in [0.3, 0.4) is 0 Å². The first-order valence-corrected chi connectivity index (χ1v) is 7.02. The van der Waals surface area contributed by atoms with Gasteiger partial charge in [0.05, 0.1) is 13.0 Å². The largest absolute Gasteiger partial charge is 0.497 e. The van der Waals surface area contributed by atoms with Crippen LogP contribution >= 0.6 is 0 Å². The van der Waals surface area contributed by atoms with Crippen molar-refractivity contribution in [2.45, 2.75) is 38.7 Å². The molecule has 2 rings (SSSR count). The average Bonchev–Trinajstić information content (AvgIpc) is 2.37. The summed E-state index contributed by atoms with van der Waals surface area (Å²) in [5, 5.41) is 20.6. The SMILES string of the molecule is COc1ccc2c(c1)C(O)(C(C(=O)O)C(C)C)CCC2. The van der Waals surface area contributed by atoms with Gasteiger partial charge in [0.2, 0.25) is 0 Å². The van der Waals surface area contributed by atoms with Crippen molar-refractivity contribution in [3.63, 3.8) is 0 Å². The Balaban J connectivity index is 2.56. The summed E-state index contributed by atoms with van der Waals surface area (Å²) in [6.45, 7) is 3.68. The molecule has 0 radical (unpaired) electrons. The van der Waals surface area contributed by atoms with E-state index < -0.39 is 17.5 Å². The smallest absolute Gasteiger partial charge is 0.310 e. The molecule has 0 amide bonds. The Morgan fingerprint density at radius 2 is 2.10 bits per heavy atom. The zero-order valence-corrected chi connectivity index (χ0v) is 12.2. The number of carbonyl (C=O) groups is 1. The maximum atomic E-state index is 11.6. The number of methoxy groups -OCH3 is 1. The predicted octanol–water partition coefficient (Wildman–Crippen LogP) is 2.58. The first-order valence-electron chi connectivity index (χ1n) is 7.02. The highest BCUT2D eigenvalue weighted by molar-refractivity contribution is 5.72. The minimum Gasteiger partial charge on any atom is -0.497 e. The Hall–Kier alpha value is -1.55. The Morgan fingerprint density at radius 1 is 1.40 bits per heavy atom. The van der Waals surface area contributed by atoms with Crippen molar-refractivity contribution in [1.29, 1.82) is 0 Å². The molecule has 1 aromatic rings. The number of aryl methyl sites for hydroxylation is 1. The van der Waals surface area contributed by atoms with Gasteiger partial charge in [-0.05, 0) is 48.4 Å². The lowest BCUT2D eigenvalue weighted by Gasteiger charge is -2.40. The molecule has 0 bridgehead atoms. The highest BCUT2D eigenvalue weighted by atomic mass is 16.5. The van der Waals surface area contributed by atoms with Crippen molar-refractivity contribution in [2.24, 2.45) is 11.8 Å². The summed E-state index contributed by atoms with van der Waals surface area (Å²) in [5.41, 5.74) is 0.415. The summed E-state index contributed by atoms with van der Waals surface area (Å²) in [4.78, 5) is 11.6. The second-order valence-corrected chi connectivity index (χ2v) is 5.86. The monoisotopic (exact) mass is 278 g/mol. The molecule has 1 aliphatic carbocycles. The van der Waals surface area contributed by atoms with E-state index in [9.17, 15) is 15.0 Å². The van der Waals surface area contributed by atoms with E-state index in [4.69, 9.17) is 4.74 Å². The Kier molecular flexibility index (Phi) is 4.04. The van der Waals surface area contributed by atoms with Crippen molar-refractivity contribution in [2.75, 3.05) is 7.11 Å². The second kappa shape index (κ2) is 5.44. The fourth-order valence-electron chi connectivity index (χ4n) is 3.35. The molecule has 20 heavy (non-hydrogen) atoms. The van der Waals surface area contributed by atoms with Crippen molar-refractivity contribution >= 4 is 5.97 Å². The molecule has 0 aromatic heterocycles. The quantitative estimate of drug-likeness (QED) is 0.888. The van der Waals surface area contributed by atoms with Gasteiger partial charge in [-0.2, -0.15) is 0 Å². The van der Waals surface area contributed by atoms with Crippen molar-refractivity contribution in [3.8, 4) is 5.75 Å². The van der Waals surface area contributed by atoms with E-state index in [1.165, 1.54) is 0 Å². The van der Waals surface area contributed by atoms with Gasteiger partial charge in [-0.3, -0.25) is 4.79 Å². The van der Waals surface area contributed by atoms with Crippen LogP contribution in [0.5, 0.6) is 5.75 Å². The van der Waals surface area contributed by atoms with Crippen LogP contribution in [0.15, 0.2) is 18.2 Å². The normalized spacial score (nSPS) is 23.2. The third kappa shape index (κ3) is 2.40. The van der Waals surface area contributed by atoms with E-state index in [-0.39, 0.29) is 5.92 Å². The minimum absolute atomic E-state index is 0.144. The molecule has 0 aliphatic heterocycles. The average molecular weight is 278 g/mol. The molecule has 0 spiro atoms. The number of hydrogen-bond acceptors (Lipinski definition) is 3. The van der Waals surface area contributed by atoms with E-state index in [1.54, 1.807) is 13.2 Å². The molecule has 0 heterocycles. The lowest BCUT2D eigenvalue weighted by Crippen LogP contribution is -2.45. The Labute approximate surface area is 119 Å². The molecular weight excluding hydrogens is 256 g/mol. The van der Waals surface area contributed by atoms with E-state index in [2.05, 4.69) is 0 Å². The van der Waals surface area contributed by atoms with Crippen LogP contribution in [0.1, 0.15) is 37.8 Å². The number of ether oxygens (including phenoxy) is 1. The predicted molar refractivity (Wildman–Crippen MR) is 75.8 cm³/mol. The number of aliphatic carboxylic acids is 1. The lowest BCUT2D eigenvalue weighted by molar-refractivity contribution is -0.158. The zero-order chi connectivity index (χ0) is 14.9. The van der Waals surface area contributed by atoms with Crippen LogP contribution in [-0.2, 0) is 16.8 Å². The zero-order valence-electron chi connectivity index (χ0n) is 12.2. The van der Waals surface area contributed by atoms with Gasteiger partial charge in [-0.25, -0.2) is 0 Å². The van der Waals surface area contributed by atoms with Gasteiger partial charge in [0.25, 0.3) is 0 Å². The molecule has 1 aliphatic rings. The van der Waals surface area contributed by atoms with Gasteiger partial charge in [-0.15, -0.1) is 0 Å². The van der Waals surface area contributed by atoms with Crippen LogP contribution in [-0.4, -0.2) is 23.3 Å². The Morgan fingerprint density at radius 3 is 2.65 bits per heavy atom. The van der Waals surface area contributed by atoms with E-state index in [1.807, 2.05) is 26.0 Å². The number of carboxylic acids is 1. The third-order valence-electron chi connectivity index (χ3n) is 4.23. The van der Waals surface area contributed by atoms with E-state index >= 15 is 0 Å². The van der Waals surface area contributed by atoms with Crippen LogP contribution < -0.4 is 4.74 Å². The molecule has 4 nitrogen and oxygen atoms in total. The number of fused-ring (bicyclic) bond motifs is 1. The van der Waals surface area contributed by atoms with Crippen molar-refractivity contribution < 1.29 is 19.7 Å². The fourth-order valence-corrected chi connectivity index (χ4v) is 3.35. The molecular formula is C16H22O4. The first kappa shape index (κ1) is 14.9. The van der Waals surface area contributed by atoms with Gasteiger partial charge in [0, 0.05) is 0 Å². The third-order valence-corrected chi connectivity index (χ3v) is 4.23. The number of carboxylic acid groups (broad SMARTS) is 1. The topological polar surface area (TPSA) is 66.8 Å². The number of aliphatic hydroxyl groups is 1. The summed E-state index contributed by atoms with van der Waals surface area (Å²) >= 11 is 0. The molecule has 2 N–H and O–H groups in total. The van der Waals surface area contributed by atoms with Crippen LogP contribution in [0.2, 0.25) is 0 Å². The number of hydrogen-bond donors (Lipinski definition) is 2. The summed E-state index contributed by atoms with van der Waals surface area (Å²) in [5.74, 6) is -1.25. The summed E-state index contributed by atoms with van der Waals surface area (Å²) < 4.78 is 5.22. The fraction of sp³-hybridized carbons (Fsp3) is 0.562. The van der Waals surface area contributed by atoms with E-state index in [0.717, 1.165) is 18.4 Å². The lowest BCUT2D eigenvalue weighted by atomic mass is 9.68. The minimum atomic E-state index is -1.32. The van der Waals surface area contributed by atoms with Gasteiger partial charge in [-0.1, -0.05) is 19.9 Å². The van der Waals surface area contributed by atoms with Crippen molar-refractivity contribution in [3.05, 3.63) is 29.3 Å². The van der Waals surface area contributed by atoms with Gasteiger partial charge < -0.3 is 14.9 Å². The molecule has 1 aromatic carbocycles. The highest BCUT2D eigenvalue weighted by Crippen LogP contribution is 2.44. The molecule has 0 saturated heterocycles. The highest BCUT2D eigenvalue weighted by Gasteiger charge is 2.47. The van der Waals surface area contributed by atoms with Gasteiger partial charge in [0.15, 0.2) is 0 Å². The van der Waals surface area contributed by atoms with Crippen molar-refractivity contribution in [1.82, 2.24) is 0 Å². The van der Waals surface area contributed by atoms with E-state index in [0.29, 0.717) is 17.7 Å². The summed E-state index contributed by atoms with van der Waals surface area (Å²) in [6.07, 6.45) is 2.14. The van der Waals surface area contributed by atoms with Crippen LogP contribution in [0.4, 0.5) is 0 Å². The summed E-state index contributed by atoms with van der Waals surface area (Å²) in [6, 6.07) is 5.57. The first-order chi connectivity index (χ1) is 9.40. The van der Waals surface area contributed by atoms with Gasteiger partial charge >= 0.3 is 5.97 Å². The standard InChI is InChI=1S/C16H22O4/c1-10(2)14(15(17)18)16(19)8-4-5-11-6-7-12(20-3)9-13(11)16/h6-7,9-10,14,19H,4-5,8H2,1-3H3,(H,17,18). The van der Waals surface area contributed by atoms with Crippen LogP contribution in [0, 0.1) is 11.8 Å². The van der Waals surface area contributed by atoms with Gasteiger partial charge in [0.1, 0.15) is 11.4 Å². The molecule has 4 heteroatoms. The maximum Gasteiger partial charge on any atom is 0.310 e. The molecule has 0 saturated carbocycles. The summed E-state index contributed by atoms with van der Waals surface area (Å²) in [7, 11) is 1.57. The molecule has 0 fully saturated rings. The molecule has 110 valence electrons.